The van der Waals surface area contributed by atoms with E-state index in [1.54, 1.807) is 34.6 Å². The average Bonchev–Trinajstić information content (AvgIpc) is 3.20. The van der Waals surface area contributed by atoms with Gasteiger partial charge in [0, 0.05) is 23.2 Å². The molecule has 2 aromatic rings. The summed E-state index contributed by atoms with van der Waals surface area (Å²) in [4.78, 5) is 28.6. The minimum absolute atomic E-state index is 0.0335. The van der Waals surface area contributed by atoms with Gasteiger partial charge in [-0.1, -0.05) is 12.1 Å². The van der Waals surface area contributed by atoms with E-state index in [0.717, 1.165) is 9.75 Å². The second-order valence-corrected chi connectivity index (χ2v) is 7.42. The third-order valence-electron chi connectivity index (χ3n) is 4.05. The van der Waals surface area contributed by atoms with Crippen molar-refractivity contribution < 1.29 is 9.59 Å². The van der Waals surface area contributed by atoms with Gasteiger partial charge in [-0.25, -0.2) is 0 Å². The number of amides is 2. The van der Waals surface area contributed by atoms with Crippen molar-refractivity contribution in [1.29, 1.82) is 0 Å². The fraction of sp³-hybridized carbons (Fsp3) is 0.375. The minimum atomic E-state index is -0.179. The van der Waals surface area contributed by atoms with E-state index in [9.17, 15) is 9.59 Å². The van der Waals surface area contributed by atoms with Gasteiger partial charge in [0.2, 0.25) is 11.8 Å². The van der Waals surface area contributed by atoms with Crippen molar-refractivity contribution in [3.05, 3.63) is 44.8 Å². The standard InChI is InChI=1S/C16H18N2O2S2/c1-18-14(19)7-6-12(15(18)13-5-3-9-22-13)16(20)17-10-11-4-2-8-21-11/h2-5,8-9,12,15H,6-7,10H2,1H3,(H,17,20)/t12-,15-/m1/s1. The molecule has 6 heteroatoms. The largest absolute Gasteiger partial charge is 0.351 e. The maximum Gasteiger partial charge on any atom is 0.225 e. The van der Waals surface area contributed by atoms with E-state index in [4.69, 9.17) is 0 Å². The first-order valence-corrected chi connectivity index (χ1v) is 9.02. The summed E-state index contributed by atoms with van der Waals surface area (Å²) in [7, 11) is 1.80. The van der Waals surface area contributed by atoms with Gasteiger partial charge in [-0.15, -0.1) is 22.7 Å². The van der Waals surface area contributed by atoms with Crippen LogP contribution in [0.3, 0.4) is 0 Å². The van der Waals surface area contributed by atoms with Gasteiger partial charge in [-0.3, -0.25) is 9.59 Å². The molecule has 0 aromatic carbocycles. The number of nitrogens with one attached hydrogen (secondary N) is 1. The lowest BCUT2D eigenvalue weighted by Crippen LogP contribution is -2.45. The van der Waals surface area contributed by atoms with E-state index in [2.05, 4.69) is 5.32 Å². The van der Waals surface area contributed by atoms with Gasteiger partial charge in [-0.05, 0) is 29.3 Å². The van der Waals surface area contributed by atoms with Gasteiger partial charge < -0.3 is 10.2 Å². The van der Waals surface area contributed by atoms with Crippen molar-refractivity contribution in [3.8, 4) is 0 Å². The molecule has 0 unspecified atom stereocenters. The molecule has 0 bridgehead atoms. The van der Waals surface area contributed by atoms with Crippen molar-refractivity contribution in [2.75, 3.05) is 7.05 Å². The monoisotopic (exact) mass is 334 g/mol. The SMILES string of the molecule is CN1C(=O)CC[C@@H](C(=O)NCc2cccs2)[C@@H]1c1cccs1. The highest BCUT2D eigenvalue weighted by atomic mass is 32.1. The van der Waals surface area contributed by atoms with Crippen LogP contribution in [0.1, 0.15) is 28.6 Å². The second-order valence-electron chi connectivity index (χ2n) is 5.41. The molecule has 3 rings (SSSR count). The topological polar surface area (TPSA) is 49.4 Å². The molecular formula is C16H18N2O2S2. The first-order valence-electron chi connectivity index (χ1n) is 7.26. The number of piperidine rings is 1. The molecule has 116 valence electrons. The van der Waals surface area contributed by atoms with Gasteiger partial charge in [-0.2, -0.15) is 0 Å². The van der Waals surface area contributed by atoms with Crippen LogP contribution in [0.15, 0.2) is 35.0 Å². The maximum atomic E-state index is 12.6. The Morgan fingerprint density at radius 2 is 2.09 bits per heavy atom. The summed E-state index contributed by atoms with van der Waals surface area (Å²) in [5, 5.41) is 7.01. The molecule has 0 saturated carbocycles. The van der Waals surface area contributed by atoms with Crippen molar-refractivity contribution in [3.63, 3.8) is 0 Å². The van der Waals surface area contributed by atoms with E-state index in [1.165, 1.54) is 0 Å². The molecule has 1 aliphatic rings. The Labute approximate surface area is 137 Å². The molecule has 1 saturated heterocycles. The van der Waals surface area contributed by atoms with Crippen molar-refractivity contribution in [1.82, 2.24) is 10.2 Å². The summed E-state index contributed by atoms with van der Waals surface area (Å²) in [6.07, 6.45) is 1.05. The zero-order valence-corrected chi connectivity index (χ0v) is 14.0. The van der Waals surface area contributed by atoms with Gasteiger partial charge in [0.25, 0.3) is 0 Å². The van der Waals surface area contributed by atoms with Gasteiger partial charge >= 0.3 is 0 Å². The lowest BCUT2D eigenvalue weighted by molar-refractivity contribution is -0.141. The van der Waals surface area contributed by atoms with Crippen LogP contribution in [-0.2, 0) is 16.1 Å². The molecule has 2 aromatic heterocycles. The zero-order valence-electron chi connectivity index (χ0n) is 12.3. The molecule has 0 radical (unpaired) electrons. The van der Waals surface area contributed by atoms with E-state index in [0.29, 0.717) is 19.4 Å². The van der Waals surface area contributed by atoms with Crippen molar-refractivity contribution >= 4 is 34.5 Å². The van der Waals surface area contributed by atoms with Crippen LogP contribution in [0.2, 0.25) is 0 Å². The predicted octanol–water partition coefficient (Wildman–Crippen LogP) is 3.04. The minimum Gasteiger partial charge on any atom is -0.351 e. The van der Waals surface area contributed by atoms with E-state index < -0.39 is 0 Å². The second kappa shape index (κ2) is 6.62. The van der Waals surface area contributed by atoms with E-state index in [-0.39, 0.29) is 23.8 Å². The smallest absolute Gasteiger partial charge is 0.225 e. The number of nitrogens with zero attached hydrogens (tertiary/aromatic N) is 1. The fourth-order valence-corrected chi connectivity index (χ4v) is 4.46. The third kappa shape index (κ3) is 3.08. The van der Waals surface area contributed by atoms with Crippen LogP contribution < -0.4 is 5.32 Å². The highest BCUT2D eigenvalue weighted by Gasteiger charge is 2.39. The number of thiophene rings is 2. The molecule has 2 atom stereocenters. The molecule has 1 aliphatic heterocycles. The van der Waals surface area contributed by atoms with Crippen LogP contribution in [0.25, 0.3) is 0 Å². The van der Waals surface area contributed by atoms with Crippen LogP contribution >= 0.6 is 22.7 Å². The maximum absolute atomic E-state index is 12.6. The highest BCUT2D eigenvalue weighted by molar-refractivity contribution is 7.10. The molecule has 22 heavy (non-hydrogen) atoms. The summed E-state index contributed by atoms with van der Waals surface area (Å²) in [5.74, 6) is -0.0341. The van der Waals surface area contributed by atoms with Gasteiger partial charge in [0.1, 0.15) is 0 Å². The van der Waals surface area contributed by atoms with Gasteiger partial charge in [0.05, 0.1) is 18.5 Å². The first-order chi connectivity index (χ1) is 10.7. The predicted molar refractivity (Wildman–Crippen MR) is 88.7 cm³/mol. The van der Waals surface area contributed by atoms with Crippen LogP contribution in [-0.4, -0.2) is 23.8 Å². The number of likely N-dealkylation sites (tertiary alicyclic amines) is 1. The summed E-state index contributed by atoms with van der Waals surface area (Å²) in [5.41, 5.74) is 0. The number of carbonyl (C=O) groups excluding carboxylic acids is 2. The molecule has 4 nitrogen and oxygen atoms in total. The lowest BCUT2D eigenvalue weighted by Gasteiger charge is -2.37. The van der Waals surface area contributed by atoms with Gasteiger partial charge in [0.15, 0.2) is 0 Å². The molecule has 1 fully saturated rings. The Kier molecular flexibility index (Phi) is 4.59. The normalized spacial score (nSPS) is 21.9. The number of carbonyl (C=O) groups is 2. The number of hydrogen-bond donors (Lipinski definition) is 1. The summed E-state index contributed by atoms with van der Waals surface area (Å²) in [6, 6.07) is 7.81. The lowest BCUT2D eigenvalue weighted by atomic mass is 9.87. The third-order valence-corrected chi connectivity index (χ3v) is 5.87. The molecule has 3 heterocycles. The summed E-state index contributed by atoms with van der Waals surface area (Å²) >= 11 is 3.23. The highest BCUT2D eigenvalue weighted by Crippen LogP contribution is 2.37. The Balaban J connectivity index is 1.74. The number of hydrogen-bond acceptors (Lipinski definition) is 4. The number of rotatable bonds is 4. The molecule has 0 aliphatic carbocycles. The molecular weight excluding hydrogens is 316 g/mol. The van der Waals surface area contributed by atoms with Crippen LogP contribution in [0.5, 0.6) is 0 Å². The summed E-state index contributed by atoms with van der Waals surface area (Å²) < 4.78 is 0. The van der Waals surface area contributed by atoms with Crippen molar-refractivity contribution in [2.24, 2.45) is 5.92 Å². The average molecular weight is 334 g/mol. The Bertz CT molecular complexity index is 637. The summed E-state index contributed by atoms with van der Waals surface area (Å²) in [6.45, 7) is 0.557. The Morgan fingerprint density at radius 3 is 2.77 bits per heavy atom. The van der Waals surface area contributed by atoms with Crippen LogP contribution in [0.4, 0.5) is 0 Å². The molecule has 2 amide bonds. The van der Waals surface area contributed by atoms with Crippen molar-refractivity contribution in [2.45, 2.75) is 25.4 Å². The van der Waals surface area contributed by atoms with E-state index >= 15 is 0 Å². The zero-order chi connectivity index (χ0) is 15.5. The first kappa shape index (κ1) is 15.2. The quantitative estimate of drug-likeness (QED) is 0.934. The van der Waals surface area contributed by atoms with Crippen LogP contribution in [0, 0.1) is 5.92 Å². The Hall–Kier alpha value is -1.66. The van der Waals surface area contributed by atoms with E-state index in [1.807, 2.05) is 35.0 Å². The fourth-order valence-electron chi connectivity index (χ4n) is 2.88. The molecule has 0 spiro atoms. The molecule has 1 N–H and O–H groups in total. The Morgan fingerprint density at radius 1 is 1.32 bits per heavy atom.